The lowest BCUT2D eigenvalue weighted by atomic mass is 10.0. The number of carbonyl (C=O) groups is 1. The third-order valence-corrected chi connectivity index (χ3v) is 3.86. The minimum Gasteiger partial charge on any atom is -0.493 e. The fourth-order valence-corrected chi connectivity index (χ4v) is 2.77. The quantitative estimate of drug-likeness (QED) is 0.790. The van der Waals surface area contributed by atoms with Crippen LogP contribution in [0.4, 0.5) is 0 Å². The lowest BCUT2D eigenvalue weighted by Crippen LogP contribution is -2.32. The molecule has 3 aromatic rings. The number of para-hydroxylation sites is 1. The second-order valence-corrected chi connectivity index (χ2v) is 5.29. The fraction of sp³-hybridized carbons (Fsp3) is 0.176. The molecule has 0 saturated carbocycles. The number of hydrogen-bond donors (Lipinski definition) is 1. The Hall–Kier alpha value is -2.82. The van der Waals surface area contributed by atoms with Crippen molar-refractivity contribution in [2.24, 2.45) is 0 Å². The molecule has 1 aliphatic heterocycles. The maximum atomic E-state index is 12.5. The third-order valence-electron chi connectivity index (χ3n) is 3.86. The summed E-state index contributed by atoms with van der Waals surface area (Å²) in [6.07, 6.45) is 4.38. The molecule has 0 fully saturated rings. The minimum atomic E-state index is -0.162. The van der Waals surface area contributed by atoms with E-state index in [1.54, 1.807) is 6.20 Å². The highest BCUT2D eigenvalue weighted by Crippen LogP contribution is 2.31. The number of benzene rings is 1. The van der Waals surface area contributed by atoms with Crippen LogP contribution in [0.1, 0.15) is 28.5 Å². The van der Waals surface area contributed by atoms with Gasteiger partial charge in [0.25, 0.3) is 5.91 Å². The average molecular weight is 293 g/mol. The Bertz CT molecular complexity index is 808. The summed E-state index contributed by atoms with van der Waals surface area (Å²) in [6.45, 7) is 0.604. The normalized spacial score (nSPS) is 16.8. The van der Waals surface area contributed by atoms with E-state index in [4.69, 9.17) is 4.74 Å². The van der Waals surface area contributed by atoms with Crippen molar-refractivity contribution in [3.63, 3.8) is 0 Å². The van der Waals surface area contributed by atoms with E-state index < -0.39 is 0 Å². The Morgan fingerprint density at radius 3 is 3.00 bits per heavy atom. The number of imidazole rings is 1. The summed E-state index contributed by atoms with van der Waals surface area (Å²) in [6, 6.07) is 13.5. The van der Waals surface area contributed by atoms with Crippen LogP contribution in [0.2, 0.25) is 0 Å². The first-order valence-corrected chi connectivity index (χ1v) is 7.27. The van der Waals surface area contributed by atoms with Crippen molar-refractivity contribution >= 4 is 11.6 Å². The number of nitrogens with one attached hydrogen (secondary N) is 1. The van der Waals surface area contributed by atoms with Gasteiger partial charge in [-0.1, -0.05) is 24.3 Å². The predicted octanol–water partition coefficient (Wildman–Crippen LogP) is 2.59. The molecule has 4 rings (SSSR count). The van der Waals surface area contributed by atoms with Gasteiger partial charge in [-0.3, -0.25) is 4.79 Å². The van der Waals surface area contributed by atoms with Gasteiger partial charge in [0.05, 0.1) is 12.6 Å². The highest BCUT2D eigenvalue weighted by molar-refractivity contribution is 5.93. The molecule has 1 aromatic carbocycles. The number of amides is 1. The van der Waals surface area contributed by atoms with Gasteiger partial charge in [-0.2, -0.15) is 0 Å². The van der Waals surface area contributed by atoms with Crippen LogP contribution in [0.5, 0.6) is 5.75 Å². The number of pyridine rings is 1. The smallest absolute Gasteiger partial charge is 0.271 e. The SMILES string of the molecule is O=C(NC1CCOc2ccccc21)c1cn2ccccc2n1. The van der Waals surface area contributed by atoms with Crippen molar-refractivity contribution in [2.75, 3.05) is 6.61 Å². The zero-order valence-electron chi connectivity index (χ0n) is 11.9. The summed E-state index contributed by atoms with van der Waals surface area (Å²) in [5.74, 6) is 0.680. The van der Waals surface area contributed by atoms with Crippen LogP contribution in [0.15, 0.2) is 54.9 Å². The lowest BCUT2D eigenvalue weighted by Gasteiger charge is -2.26. The van der Waals surface area contributed by atoms with Crippen LogP contribution < -0.4 is 10.1 Å². The number of fused-ring (bicyclic) bond motifs is 2. The van der Waals surface area contributed by atoms with E-state index in [1.807, 2.05) is 53.1 Å². The Kier molecular flexibility index (Phi) is 3.04. The van der Waals surface area contributed by atoms with Gasteiger partial charge < -0.3 is 14.5 Å². The Balaban J connectivity index is 1.60. The first-order valence-electron chi connectivity index (χ1n) is 7.27. The topological polar surface area (TPSA) is 55.6 Å². The largest absolute Gasteiger partial charge is 0.493 e. The van der Waals surface area contributed by atoms with Crippen molar-refractivity contribution in [1.82, 2.24) is 14.7 Å². The number of nitrogens with zero attached hydrogens (tertiary/aromatic N) is 2. The van der Waals surface area contributed by atoms with E-state index in [0.29, 0.717) is 12.3 Å². The van der Waals surface area contributed by atoms with Crippen LogP contribution in [-0.2, 0) is 0 Å². The molecule has 0 aliphatic carbocycles. The molecular formula is C17H15N3O2. The minimum absolute atomic E-state index is 0.0396. The molecule has 5 nitrogen and oxygen atoms in total. The van der Waals surface area contributed by atoms with Crippen LogP contribution >= 0.6 is 0 Å². The number of ether oxygens (including phenoxy) is 1. The van der Waals surface area contributed by atoms with E-state index in [2.05, 4.69) is 10.3 Å². The molecule has 3 heterocycles. The van der Waals surface area contributed by atoms with Crippen LogP contribution in [0, 0.1) is 0 Å². The average Bonchev–Trinajstić information content (AvgIpc) is 2.99. The Morgan fingerprint density at radius 1 is 1.23 bits per heavy atom. The van der Waals surface area contributed by atoms with Crippen molar-refractivity contribution in [1.29, 1.82) is 0 Å². The maximum Gasteiger partial charge on any atom is 0.271 e. The van der Waals surface area contributed by atoms with Gasteiger partial charge in [0, 0.05) is 24.4 Å². The lowest BCUT2D eigenvalue weighted by molar-refractivity contribution is 0.0920. The molecule has 0 radical (unpaired) electrons. The molecule has 1 aliphatic rings. The molecule has 1 N–H and O–H groups in total. The van der Waals surface area contributed by atoms with Gasteiger partial charge in [0.1, 0.15) is 17.1 Å². The zero-order chi connectivity index (χ0) is 14.9. The van der Waals surface area contributed by atoms with Gasteiger partial charge >= 0.3 is 0 Å². The monoisotopic (exact) mass is 293 g/mol. The van der Waals surface area contributed by atoms with E-state index in [-0.39, 0.29) is 11.9 Å². The molecular weight excluding hydrogens is 278 g/mol. The molecule has 1 unspecified atom stereocenters. The summed E-state index contributed by atoms with van der Waals surface area (Å²) in [4.78, 5) is 16.8. The van der Waals surface area contributed by atoms with Crippen molar-refractivity contribution in [3.05, 3.63) is 66.1 Å². The molecule has 5 heteroatoms. The second kappa shape index (κ2) is 5.18. The number of aromatic nitrogens is 2. The van der Waals surface area contributed by atoms with Crippen molar-refractivity contribution in [3.8, 4) is 5.75 Å². The molecule has 0 saturated heterocycles. The molecule has 110 valence electrons. The van der Waals surface area contributed by atoms with Gasteiger partial charge in [-0.15, -0.1) is 0 Å². The van der Waals surface area contributed by atoms with Crippen LogP contribution in [0.3, 0.4) is 0 Å². The number of rotatable bonds is 2. The molecule has 22 heavy (non-hydrogen) atoms. The van der Waals surface area contributed by atoms with E-state index in [1.165, 1.54) is 0 Å². The van der Waals surface area contributed by atoms with Gasteiger partial charge in [-0.05, 0) is 18.2 Å². The summed E-state index contributed by atoms with van der Waals surface area (Å²) in [7, 11) is 0. The summed E-state index contributed by atoms with van der Waals surface area (Å²) in [5, 5.41) is 3.06. The highest BCUT2D eigenvalue weighted by atomic mass is 16.5. The summed E-state index contributed by atoms with van der Waals surface area (Å²) < 4.78 is 7.46. The standard InChI is InChI=1S/C17H15N3O2/c21-17(14-11-20-9-4-3-7-16(20)18-14)19-13-8-10-22-15-6-2-1-5-12(13)15/h1-7,9,11,13H,8,10H2,(H,19,21). The third kappa shape index (κ3) is 2.20. The van der Waals surface area contributed by atoms with E-state index in [9.17, 15) is 4.79 Å². The second-order valence-electron chi connectivity index (χ2n) is 5.29. The van der Waals surface area contributed by atoms with Gasteiger partial charge in [-0.25, -0.2) is 4.98 Å². The predicted molar refractivity (Wildman–Crippen MR) is 82.0 cm³/mol. The molecule has 0 bridgehead atoms. The van der Waals surface area contributed by atoms with Gasteiger partial charge in [0.2, 0.25) is 0 Å². The zero-order valence-corrected chi connectivity index (χ0v) is 11.9. The first-order chi connectivity index (χ1) is 10.8. The van der Waals surface area contributed by atoms with Gasteiger partial charge in [0.15, 0.2) is 0 Å². The molecule has 2 aromatic heterocycles. The molecule has 1 amide bonds. The molecule has 0 spiro atoms. The van der Waals surface area contributed by atoms with Crippen molar-refractivity contribution < 1.29 is 9.53 Å². The van der Waals surface area contributed by atoms with E-state index >= 15 is 0 Å². The fourth-order valence-electron chi connectivity index (χ4n) is 2.77. The summed E-state index contributed by atoms with van der Waals surface area (Å²) >= 11 is 0. The maximum absolute atomic E-state index is 12.5. The Morgan fingerprint density at radius 2 is 2.09 bits per heavy atom. The number of carbonyl (C=O) groups excluding carboxylic acids is 1. The van der Waals surface area contributed by atoms with Crippen LogP contribution in [0.25, 0.3) is 5.65 Å². The van der Waals surface area contributed by atoms with E-state index in [0.717, 1.165) is 23.4 Å². The first kappa shape index (κ1) is 12.9. The summed E-state index contributed by atoms with van der Waals surface area (Å²) in [5.41, 5.74) is 2.21. The van der Waals surface area contributed by atoms with Crippen molar-refractivity contribution in [2.45, 2.75) is 12.5 Å². The highest BCUT2D eigenvalue weighted by Gasteiger charge is 2.23. The number of hydrogen-bond acceptors (Lipinski definition) is 3. The van der Waals surface area contributed by atoms with Crippen LogP contribution in [-0.4, -0.2) is 21.9 Å². The molecule has 1 atom stereocenters. The Labute approximate surface area is 127 Å².